The molecule has 0 saturated carbocycles. The molecule has 0 spiro atoms. The molecule has 0 saturated heterocycles. The van der Waals surface area contributed by atoms with E-state index in [0.29, 0.717) is 13.2 Å². The number of ether oxygens (including phenoxy) is 2. The van der Waals surface area contributed by atoms with Crippen molar-refractivity contribution >= 4 is 11.6 Å². The van der Waals surface area contributed by atoms with Crippen LogP contribution in [0.5, 0.6) is 5.75 Å². The number of amides is 1. The Morgan fingerprint density at radius 1 is 1.04 bits per heavy atom. The number of unbranched alkanes of at least 4 members (excludes halogenated alkanes) is 3. The maximum atomic E-state index is 11.8. The van der Waals surface area contributed by atoms with Crippen LogP contribution in [0.1, 0.15) is 39.0 Å². The zero-order valence-electron chi connectivity index (χ0n) is 14.4. The van der Waals surface area contributed by atoms with Crippen molar-refractivity contribution in [2.24, 2.45) is 0 Å². The van der Waals surface area contributed by atoms with Crippen molar-refractivity contribution in [1.82, 2.24) is 5.32 Å². The molecule has 1 amide bonds. The predicted octanol–water partition coefficient (Wildman–Crippen LogP) is 3.21. The van der Waals surface area contributed by atoms with Crippen molar-refractivity contribution in [3.8, 4) is 5.75 Å². The van der Waals surface area contributed by atoms with Crippen LogP contribution in [0.3, 0.4) is 0 Å². The second-order valence-electron chi connectivity index (χ2n) is 5.50. The maximum Gasteiger partial charge on any atom is 0.238 e. The first-order valence-corrected chi connectivity index (χ1v) is 8.48. The summed E-state index contributed by atoms with van der Waals surface area (Å²) in [6.07, 6.45) is 5.68. The molecule has 0 aliphatic heterocycles. The van der Waals surface area contributed by atoms with E-state index in [2.05, 4.69) is 17.6 Å². The van der Waals surface area contributed by atoms with Gasteiger partial charge < -0.3 is 20.1 Å². The minimum atomic E-state index is -0.0457. The fourth-order valence-corrected chi connectivity index (χ4v) is 2.10. The predicted molar refractivity (Wildman–Crippen MR) is 94.1 cm³/mol. The lowest BCUT2D eigenvalue weighted by Gasteiger charge is -2.09. The topological polar surface area (TPSA) is 59.6 Å². The van der Waals surface area contributed by atoms with E-state index in [0.717, 1.165) is 37.4 Å². The van der Waals surface area contributed by atoms with Crippen LogP contribution in [0, 0.1) is 0 Å². The van der Waals surface area contributed by atoms with Gasteiger partial charge in [-0.25, -0.2) is 0 Å². The van der Waals surface area contributed by atoms with Crippen molar-refractivity contribution in [3.05, 3.63) is 24.3 Å². The van der Waals surface area contributed by atoms with Gasteiger partial charge in [0, 0.05) is 19.4 Å². The van der Waals surface area contributed by atoms with E-state index < -0.39 is 0 Å². The quantitative estimate of drug-likeness (QED) is 0.548. The second-order valence-corrected chi connectivity index (χ2v) is 5.50. The van der Waals surface area contributed by atoms with E-state index in [-0.39, 0.29) is 5.91 Å². The number of carbonyl (C=O) groups is 1. The monoisotopic (exact) mass is 322 g/mol. The van der Waals surface area contributed by atoms with Crippen LogP contribution in [-0.4, -0.2) is 39.3 Å². The van der Waals surface area contributed by atoms with Crippen molar-refractivity contribution in [2.45, 2.75) is 39.0 Å². The van der Waals surface area contributed by atoms with Crippen LogP contribution < -0.4 is 15.4 Å². The highest BCUT2D eigenvalue weighted by atomic mass is 16.5. The number of methoxy groups -OCH3 is 1. The van der Waals surface area contributed by atoms with Gasteiger partial charge in [0.1, 0.15) is 5.75 Å². The molecule has 0 heterocycles. The molecule has 0 bridgehead atoms. The van der Waals surface area contributed by atoms with E-state index in [1.807, 2.05) is 24.3 Å². The zero-order valence-corrected chi connectivity index (χ0v) is 14.4. The summed E-state index contributed by atoms with van der Waals surface area (Å²) in [4.78, 5) is 11.8. The Kier molecular flexibility index (Phi) is 10.9. The van der Waals surface area contributed by atoms with Gasteiger partial charge in [-0.15, -0.1) is 0 Å². The summed E-state index contributed by atoms with van der Waals surface area (Å²) in [6, 6.07) is 7.51. The molecule has 2 N–H and O–H groups in total. The van der Waals surface area contributed by atoms with E-state index >= 15 is 0 Å². The smallest absolute Gasteiger partial charge is 0.238 e. The third kappa shape index (κ3) is 9.92. The van der Waals surface area contributed by atoms with Gasteiger partial charge in [-0.3, -0.25) is 4.79 Å². The summed E-state index contributed by atoms with van der Waals surface area (Å²) in [7, 11) is 1.67. The summed E-state index contributed by atoms with van der Waals surface area (Å²) < 4.78 is 10.6. The molecule has 5 heteroatoms. The van der Waals surface area contributed by atoms with Crippen LogP contribution in [0.2, 0.25) is 0 Å². The molecular formula is C18H30N2O3. The highest BCUT2D eigenvalue weighted by molar-refractivity contribution is 5.92. The van der Waals surface area contributed by atoms with Gasteiger partial charge >= 0.3 is 0 Å². The lowest BCUT2D eigenvalue weighted by Crippen LogP contribution is -2.29. The average Bonchev–Trinajstić information content (AvgIpc) is 2.56. The Balaban J connectivity index is 2.18. The van der Waals surface area contributed by atoms with Gasteiger partial charge in [0.2, 0.25) is 5.91 Å². The average molecular weight is 322 g/mol. The van der Waals surface area contributed by atoms with Gasteiger partial charge in [0.15, 0.2) is 0 Å². The molecule has 1 aromatic carbocycles. The Labute approximate surface area is 139 Å². The van der Waals surface area contributed by atoms with Gasteiger partial charge in [-0.1, -0.05) is 26.2 Å². The van der Waals surface area contributed by atoms with Crippen LogP contribution >= 0.6 is 0 Å². The molecule has 0 fully saturated rings. The van der Waals surface area contributed by atoms with Crippen molar-refractivity contribution < 1.29 is 14.3 Å². The van der Waals surface area contributed by atoms with Gasteiger partial charge in [0.05, 0.1) is 13.2 Å². The maximum absolute atomic E-state index is 11.8. The third-order valence-corrected chi connectivity index (χ3v) is 3.39. The third-order valence-electron chi connectivity index (χ3n) is 3.39. The summed E-state index contributed by atoms with van der Waals surface area (Å²) in [6.45, 7) is 4.72. The first kappa shape index (κ1) is 19.5. The number of carbonyl (C=O) groups excluding carboxylic acids is 1. The molecule has 5 nitrogen and oxygen atoms in total. The fraction of sp³-hybridized carbons (Fsp3) is 0.611. The Morgan fingerprint density at radius 2 is 1.83 bits per heavy atom. The number of hydrogen-bond acceptors (Lipinski definition) is 4. The molecule has 0 aliphatic rings. The fourth-order valence-electron chi connectivity index (χ4n) is 2.10. The number of hydrogen-bond donors (Lipinski definition) is 2. The molecule has 0 unspecified atom stereocenters. The molecular weight excluding hydrogens is 292 g/mol. The number of benzene rings is 1. The molecule has 130 valence electrons. The second kappa shape index (κ2) is 12.9. The highest BCUT2D eigenvalue weighted by Gasteiger charge is 2.02. The van der Waals surface area contributed by atoms with E-state index in [9.17, 15) is 4.79 Å². The van der Waals surface area contributed by atoms with Crippen LogP contribution in [0.25, 0.3) is 0 Å². The Morgan fingerprint density at radius 3 is 2.52 bits per heavy atom. The Bertz CT molecular complexity index is 421. The van der Waals surface area contributed by atoms with Crippen LogP contribution in [0.4, 0.5) is 5.69 Å². The Hall–Kier alpha value is -1.59. The number of anilines is 1. The van der Waals surface area contributed by atoms with Crippen molar-refractivity contribution in [2.75, 3.05) is 38.7 Å². The first-order valence-electron chi connectivity index (χ1n) is 8.48. The van der Waals surface area contributed by atoms with E-state index in [1.54, 1.807) is 7.11 Å². The lowest BCUT2D eigenvalue weighted by molar-refractivity contribution is -0.115. The van der Waals surface area contributed by atoms with E-state index in [1.165, 1.54) is 19.3 Å². The van der Waals surface area contributed by atoms with Gasteiger partial charge in [-0.2, -0.15) is 0 Å². The SMILES string of the molecule is CCCCCCOc1ccc(NC(=O)CNCCCOC)cc1. The number of rotatable bonds is 13. The largest absolute Gasteiger partial charge is 0.494 e. The van der Waals surface area contributed by atoms with Gasteiger partial charge in [-0.05, 0) is 43.7 Å². The summed E-state index contributed by atoms with van der Waals surface area (Å²) in [5.41, 5.74) is 0.784. The van der Waals surface area contributed by atoms with E-state index in [4.69, 9.17) is 9.47 Å². The molecule has 0 radical (unpaired) electrons. The molecule has 23 heavy (non-hydrogen) atoms. The lowest BCUT2D eigenvalue weighted by atomic mass is 10.2. The molecule has 0 atom stereocenters. The number of nitrogens with one attached hydrogen (secondary N) is 2. The summed E-state index contributed by atoms with van der Waals surface area (Å²) in [5.74, 6) is 0.799. The normalized spacial score (nSPS) is 10.5. The van der Waals surface area contributed by atoms with Crippen LogP contribution in [-0.2, 0) is 9.53 Å². The van der Waals surface area contributed by atoms with Crippen LogP contribution in [0.15, 0.2) is 24.3 Å². The molecule has 1 rings (SSSR count). The minimum absolute atomic E-state index is 0.0457. The molecule has 0 aromatic heterocycles. The summed E-state index contributed by atoms with van der Waals surface area (Å²) in [5, 5.41) is 5.94. The first-order chi connectivity index (χ1) is 11.3. The highest BCUT2D eigenvalue weighted by Crippen LogP contribution is 2.16. The molecule has 1 aromatic rings. The van der Waals surface area contributed by atoms with Crippen molar-refractivity contribution in [1.29, 1.82) is 0 Å². The van der Waals surface area contributed by atoms with Gasteiger partial charge in [0.25, 0.3) is 0 Å². The standard InChI is InChI=1S/C18H30N2O3/c1-3-4-5-6-14-23-17-10-8-16(9-11-17)20-18(21)15-19-12-7-13-22-2/h8-11,19H,3-7,12-15H2,1-2H3,(H,20,21). The minimum Gasteiger partial charge on any atom is -0.494 e. The summed E-state index contributed by atoms with van der Waals surface area (Å²) >= 11 is 0. The zero-order chi connectivity index (χ0) is 16.8. The van der Waals surface area contributed by atoms with Crippen molar-refractivity contribution in [3.63, 3.8) is 0 Å². The molecule has 0 aliphatic carbocycles.